The average molecular weight is 200 g/mol. The summed E-state index contributed by atoms with van der Waals surface area (Å²) in [7, 11) is 0. The minimum Gasteiger partial charge on any atom is -0.381 e. The van der Waals surface area contributed by atoms with E-state index < -0.39 is 0 Å². The highest BCUT2D eigenvalue weighted by atomic mass is 35.5. The van der Waals surface area contributed by atoms with Crippen LogP contribution in [-0.4, -0.2) is 6.54 Å². The van der Waals surface area contributed by atoms with Crippen molar-refractivity contribution in [3.8, 4) is 0 Å². The summed E-state index contributed by atoms with van der Waals surface area (Å²) in [6.07, 6.45) is 4.08. The van der Waals surface area contributed by atoms with Crippen LogP contribution in [0.4, 0.5) is 5.69 Å². The second-order valence-electron chi connectivity index (χ2n) is 2.64. The lowest BCUT2D eigenvalue weighted by Gasteiger charge is -2.13. The highest BCUT2D eigenvalue weighted by molar-refractivity contribution is 6.42. The summed E-state index contributed by atoms with van der Waals surface area (Å²) >= 11 is 11.7. The first-order chi connectivity index (χ1) is 5.77. The Hall–Kier alpha value is -0.660. The van der Waals surface area contributed by atoms with Gasteiger partial charge in [0.25, 0.3) is 0 Å². The van der Waals surface area contributed by atoms with E-state index in [1.807, 2.05) is 24.3 Å². The van der Waals surface area contributed by atoms with Crippen LogP contribution in [0.15, 0.2) is 18.2 Å². The molecule has 0 bridgehead atoms. The lowest BCUT2D eigenvalue weighted by Crippen LogP contribution is -2.03. The molecule has 0 spiro atoms. The molecule has 1 aromatic rings. The quantitative estimate of drug-likeness (QED) is 0.676. The van der Waals surface area contributed by atoms with Crippen molar-refractivity contribution in [1.82, 2.24) is 0 Å². The number of hydrogen-bond donors (Lipinski definition) is 1. The third-order valence-electron chi connectivity index (χ3n) is 1.80. The molecule has 0 saturated heterocycles. The summed E-state index contributed by atoms with van der Waals surface area (Å²) in [5.41, 5.74) is 2.14. The fourth-order valence-electron chi connectivity index (χ4n) is 1.21. The number of halogens is 2. The van der Waals surface area contributed by atoms with Crippen LogP contribution in [0.5, 0.6) is 0 Å². The van der Waals surface area contributed by atoms with Crippen molar-refractivity contribution in [1.29, 1.82) is 0 Å². The molecule has 0 atom stereocenters. The molecule has 0 aliphatic carbocycles. The molecule has 0 fully saturated rings. The number of hydrogen-bond acceptors (Lipinski definition) is 1. The van der Waals surface area contributed by atoms with Crippen LogP contribution < -0.4 is 5.32 Å². The van der Waals surface area contributed by atoms with E-state index in [1.165, 1.54) is 0 Å². The van der Waals surface area contributed by atoms with E-state index in [2.05, 4.69) is 5.32 Å². The van der Waals surface area contributed by atoms with Crippen LogP contribution >= 0.6 is 23.2 Å². The van der Waals surface area contributed by atoms with Crippen LogP contribution in [-0.2, 0) is 0 Å². The molecule has 3 heteroatoms. The highest BCUT2D eigenvalue weighted by Crippen LogP contribution is 2.30. The molecular weight excluding hydrogens is 193 g/mol. The highest BCUT2D eigenvalue weighted by Gasteiger charge is 2.06. The van der Waals surface area contributed by atoms with Gasteiger partial charge in [0.05, 0.1) is 10.0 Å². The maximum Gasteiger partial charge on any atom is 0.0613 e. The van der Waals surface area contributed by atoms with Crippen molar-refractivity contribution >= 4 is 35.0 Å². The Kier molecular flexibility index (Phi) is 1.99. The van der Waals surface area contributed by atoms with Crippen LogP contribution in [0.2, 0.25) is 10.0 Å². The van der Waals surface area contributed by atoms with Crippen LogP contribution in [0.3, 0.4) is 0 Å². The van der Waals surface area contributed by atoms with E-state index in [4.69, 9.17) is 23.2 Å². The topological polar surface area (TPSA) is 12.0 Å². The summed E-state index contributed by atoms with van der Waals surface area (Å²) < 4.78 is 0. The van der Waals surface area contributed by atoms with Gasteiger partial charge in [0.15, 0.2) is 0 Å². The Labute approximate surface area is 81.0 Å². The van der Waals surface area contributed by atoms with Gasteiger partial charge in [-0.1, -0.05) is 35.4 Å². The molecule has 62 valence electrons. The third-order valence-corrected chi connectivity index (χ3v) is 2.52. The maximum atomic E-state index is 5.85. The number of benzene rings is 1. The summed E-state index contributed by atoms with van der Waals surface area (Å²) in [5, 5.41) is 4.40. The Morgan fingerprint density at radius 1 is 1.17 bits per heavy atom. The molecule has 1 aliphatic heterocycles. The zero-order chi connectivity index (χ0) is 8.55. The minimum absolute atomic E-state index is 0.596. The number of fused-ring (bicyclic) bond motifs is 1. The molecule has 0 saturated carbocycles. The van der Waals surface area contributed by atoms with Gasteiger partial charge in [-0.2, -0.15) is 0 Å². The van der Waals surface area contributed by atoms with Gasteiger partial charge in [0.1, 0.15) is 0 Å². The lowest BCUT2D eigenvalue weighted by atomic mass is 10.1. The molecule has 0 unspecified atom stereocenters. The Balaban J connectivity index is 2.58. The fraction of sp³-hybridized carbons (Fsp3) is 0.111. The molecule has 1 N–H and O–H groups in total. The SMILES string of the molecule is Clc1cc2c(cc1Cl)NCC=C2. The molecule has 1 heterocycles. The van der Waals surface area contributed by atoms with Crippen molar-refractivity contribution in [2.45, 2.75) is 0 Å². The van der Waals surface area contributed by atoms with E-state index >= 15 is 0 Å². The van der Waals surface area contributed by atoms with Gasteiger partial charge in [-0.05, 0) is 17.7 Å². The van der Waals surface area contributed by atoms with Crippen molar-refractivity contribution in [3.05, 3.63) is 33.8 Å². The molecule has 1 aliphatic rings. The second kappa shape index (κ2) is 3.00. The molecule has 0 radical (unpaired) electrons. The molecule has 0 amide bonds. The van der Waals surface area contributed by atoms with Gasteiger partial charge in [0, 0.05) is 12.2 Å². The summed E-state index contributed by atoms with van der Waals surface area (Å²) in [4.78, 5) is 0. The van der Waals surface area contributed by atoms with Crippen LogP contribution in [0, 0.1) is 0 Å². The molecule has 1 nitrogen and oxygen atoms in total. The number of rotatable bonds is 0. The van der Waals surface area contributed by atoms with Gasteiger partial charge >= 0.3 is 0 Å². The van der Waals surface area contributed by atoms with E-state index in [9.17, 15) is 0 Å². The number of anilines is 1. The van der Waals surface area contributed by atoms with Gasteiger partial charge in [-0.15, -0.1) is 0 Å². The summed E-state index contributed by atoms with van der Waals surface area (Å²) in [6, 6.07) is 3.71. The molecular formula is C9H7Cl2N. The molecule has 0 aromatic heterocycles. The zero-order valence-corrected chi connectivity index (χ0v) is 7.78. The van der Waals surface area contributed by atoms with Crippen molar-refractivity contribution in [3.63, 3.8) is 0 Å². The third kappa shape index (κ3) is 1.30. The first kappa shape index (κ1) is 7.96. The molecule has 1 aromatic carbocycles. The first-order valence-corrected chi connectivity index (χ1v) is 4.42. The zero-order valence-electron chi connectivity index (χ0n) is 6.27. The minimum atomic E-state index is 0.596. The maximum absolute atomic E-state index is 5.85. The van der Waals surface area contributed by atoms with Gasteiger partial charge in [-0.25, -0.2) is 0 Å². The van der Waals surface area contributed by atoms with Gasteiger partial charge < -0.3 is 5.32 Å². The monoisotopic (exact) mass is 199 g/mol. The van der Waals surface area contributed by atoms with Crippen LogP contribution in [0.1, 0.15) is 5.56 Å². The largest absolute Gasteiger partial charge is 0.381 e. The number of nitrogens with one attached hydrogen (secondary N) is 1. The lowest BCUT2D eigenvalue weighted by molar-refractivity contribution is 1.31. The van der Waals surface area contributed by atoms with Crippen molar-refractivity contribution in [2.75, 3.05) is 11.9 Å². The van der Waals surface area contributed by atoms with Gasteiger partial charge in [-0.3, -0.25) is 0 Å². The predicted molar refractivity (Wildman–Crippen MR) is 54.0 cm³/mol. The fourth-order valence-corrected chi connectivity index (χ4v) is 1.54. The van der Waals surface area contributed by atoms with E-state index in [-0.39, 0.29) is 0 Å². The Morgan fingerprint density at radius 3 is 2.75 bits per heavy atom. The average Bonchev–Trinajstić information content (AvgIpc) is 2.07. The van der Waals surface area contributed by atoms with E-state index in [0.717, 1.165) is 17.8 Å². The Morgan fingerprint density at radius 2 is 1.92 bits per heavy atom. The van der Waals surface area contributed by atoms with Crippen molar-refractivity contribution < 1.29 is 0 Å². The summed E-state index contributed by atoms with van der Waals surface area (Å²) in [5.74, 6) is 0. The van der Waals surface area contributed by atoms with E-state index in [0.29, 0.717) is 10.0 Å². The Bertz CT molecular complexity index is 345. The summed E-state index contributed by atoms with van der Waals surface area (Å²) in [6.45, 7) is 0.852. The van der Waals surface area contributed by atoms with Crippen molar-refractivity contribution in [2.24, 2.45) is 0 Å². The van der Waals surface area contributed by atoms with Gasteiger partial charge in [0.2, 0.25) is 0 Å². The molecule has 2 rings (SSSR count). The van der Waals surface area contributed by atoms with E-state index in [1.54, 1.807) is 0 Å². The second-order valence-corrected chi connectivity index (χ2v) is 3.45. The molecule has 12 heavy (non-hydrogen) atoms. The standard InChI is InChI=1S/C9H7Cl2N/c10-7-4-6-2-1-3-12-9(6)5-8(7)11/h1-2,4-5,12H,3H2. The first-order valence-electron chi connectivity index (χ1n) is 3.67. The normalized spacial score (nSPS) is 13.8. The predicted octanol–water partition coefficient (Wildman–Crippen LogP) is 3.43. The van der Waals surface area contributed by atoms with Crippen LogP contribution in [0.25, 0.3) is 6.08 Å². The smallest absolute Gasteiger partial charge is 0.0613 e.